The average molecular weight is 485 g/mol. The second kappa shape index (κ2) is 11.6. The summed E-state index contributed by atoms with van der Waals surface area (Å²) in [5.74, 6) is 0.837. The molecule has 1 aromatic heterocycles. The molecule has 0 amide bonds. The van der Waals surface area contributed by atoms with Crippen LogP contribution in [0.3, 0.4) is 0 Å². The Balaban J connectivity index is 1.17. The molecule has 1 fully saturated rings. The second-order valence-corrected chi connectivity index (χ2v) is 8.80. The van der Waals surface area contributed by atoms with Crippen molar-refractivity contribution in [3.05, 3.63) is 78.0 Å². The highest BCUT2D eigenvalue weighted by molar-refractivity contribution is 5.66. The first-order valence-corrected chi connectivity index (χ1v) is 12.0. The maximum absolute atomic E-state index is 13.0. The zero-order valence-electron chi connectivity index (χ0n) is 19.6. The van der Waals surface area contributed by atoms with Crippen LogP contribution in [0.1, 0.15) is 24.0 Å². The number of benzene rings is 2. The SMILES string of the molecule is OCc1ccc(-c2ccnc(NCCCCN3CCN(c4cccc(C(F)(F)F)c4)CC3)c2)cc1. The number of rotatable bonds is 9. The van der Waals surface area contributed by atoms with Crippen molar-refractivity contribution >= 4 is 11.5 Å². The van der Waals surface area contributed by atoms with E-state index in [0.29, 0.717) is 5.69 Å². The molecule has 1 aliphatic rings. The van der Waals surface area contributed by atoms with E-state index in [1.807, 2.05) is 41.3 Å². The smallest absolute Gasteiger partial charge is 0.392 e. The van der Waals surface area contributed by atoms with E-state index in [2.05, 4.69) is 15.2 Å². The van der Waals surface area contributed by atoms with Crippen LogP contribution in [-0.2, 0) is 12.8 Å². The molecule has 2 heterocycles. The summed E-state index contributed by atoms with van der Waals surface area (Å²) in [5, 5.41) is 12.6. The van der Waals surface area contributed by atoms with E-state index < -0.39 is 11.7 Å². The van der Waals surface area contributed by atoms with Crippen molar-refractivity contribution in [1.82, 2.24) is 9.88 Å². The highest BCUT2D eigenvalue weighted by atomic mass is 19.4. The van der Waals surface area contributed by atoms with Gasteiger partial charge in [0, 0.05) is 44.6 Å². The topological polar surface area (TPSA) is 51.6 Å². The van der Waals surface area contributed by atoms with Gasteiger partial charge in [-0.3, -0.25) is 4.90 Å². The van der Waals surface area contributed by atoms with Gasteiger partial charge >= 0.3 is 6.18 Å². The summed E-state index contributed by atoms with van der Waals surface area (Å²) in [7, 11) is 0. The van der Waals surface area contributed by atoms with E-state index in [1.165, 1.54) is 12.1 Å². The van der Waals surface area contributed by atoms with Gasteiger partial charge in [-0.15, -0.1) is 0 Å². The van der Waals surface area contributed by atoms with Crippen LogP contribution in [0.4, 0.5) is 24.7 Å². The van der Waals surface area contributed by atoms with Gasteiger partial charge in [0.1, 0.15) is 5.82 Å². The minimum Gasteiger partial charge on any atom is -0.392 e. The number of piperazine rings is 1. The highest BCUT2D eigenvalue weighted by Crippen LogP contribution is 2.32. The number of unbranched alkanes of at least 4 members (excludes halogenated alkanes) is 1. The summed E-state index contributed by atoms with van der Waals surface area (Å²) in [6, 6.07) is 17.4. The van der Waals surface area contributed by atoms with Gasteiger partial charge in [0.05, 0.1) is 12.2 Å². The maximum atomic E-state index is 13.0. The molecule has 0 saturated carbocycles. The third-order valence-corrected chi connectivity index (χ3v) is 6.35. The van der Waals surface area contributed by atoms with E-state index >= 15 is 0 Å². The first-order chi connectivity index (χ1) is 16.9. The van der Waals surface area contributed by atoms with Crippen LogP contribution in [0.2, 0.25) is 0 Å². The number of nitrogens with zero attached hydrogens (tertiary/aromatic N) is 3. The number of pyridine rings is 1. The number of hydrogen-bond acceptors (Lipinski definition) is 5. The van der Waals surface area contributed by atoms with E-state index in [0.717, 1.165) is 80.7 Å². The van der Waals surface area contributed by atoms with Crippen molar-refractivity contribution in [3.8, 4) is 11.1 Å². The Labute approximate surface area is 204 Å². The number of aromatic nitrogens is 1. The first-order valence-electron chi connectivity index (χ1n) is 12.0. The Morgan fingerprint density at radius 2 is 1.66 bits per heavy atom. The van der Waals surface area contributed by atoms with Gasteiger partial charge in [-0.25, -0.2) is 4.98 Å². The van der Waals surface area contributed by atoms with Gasteiger partial charge < -0.3 is 15.3 Å². The number of alkyl halides is 3. The Kier molecular flexibility index (Phi) is 8.25. The molecule has 0 aliphatic carbocycles. The maximum Gasteiger partial charge on any atom is 0.416 e. The Morgan fingerprint density at radius 1 is 0.886 bits per heavy atom. The fourth-order valence-corrected chi connectivity index (χ4v) is 4.29. The van der Waals surface area contributed by atoms with Gasteiger partial charge in [0.15, 0.2) is 0 Å². The highest BCUT2D eigenvalue weighted by Gasteiger charge is 2.31. The second-order valence-electron chi connectivity index (χ2n) is 8.80. The van der Waals surface area contributed by atoms with E-state index in [1.54, 1.807) is 12.3 Å². The largest absolute Gasteiger partial charge is 0.416 e. The predicted octanol–water partition coefficient (Wildman–Crippen LogP) is 5.27. The van der Waals surface area contributed by atoms with Crippen molar-refractivity contribution in [2.24, 2.45) is 0 Å². The molecule has 0 spiro atoms. The lowest BCUT2D eigenvalue weighted by atomic mass is 10.1. The van der Waals surface area contributed by atoms with Gasteiger partial charge in [-0.1, -0.05) is 30.3 Å². The molecule has 3 aromatic rings. The lowest BCUT2D eigenvalue weighted by Gasteiger charge is -2.36. The normalized spacial score (nSPS) is 14.8. The monoisotopic (exact) mass is 484 g/mol. The number of hydrogen-bond donors (Lipinski definition) is 2. The van der Waals surface area contributed by atoms with Crippen molar-refractivity contribution in [2.45, 2.75) is 25.6 Å². The van der Waals surface area contributed by atoms with Crippen LogP contribution in [0.25, 0.3) is 11.1 Å². The lowest BCUT2D eigenvalue weighted by molar-refractivity contribution is -0.137. The third-order valence-electron chi connectivity index (χ3n) is 6.35. The number of anilines is 2. The molecular weight excluding hydrogens is 453 g/mol. The zero-order valence-corrected chi connectivity index (χ0v) is 19.6. The molecule has 2 aromatic carbocycles. The molecule has 35 heavy (non-hydrogen) atoms. The van der Waals surface area contributed by atoms with Crippen LogP contribution in [0.15, 0.2) is 66.9 Å². The van der Waals surface area contributed by atoms with E-state index in [4.69, 9.17) is 0 Å². The molecule has 5 nitrogen and oxygen atoms in total. The summed E-state index contributed by atoms with van der Waals surface area (Å²) >= 11 is 0. The number of nitrogens with one attached hydrogen (secondary N) is 1. The van der Waals surface area contributed by atoms with Crippen LogP contribution < -0.4 is 10.2 Å². The van der Waals surface area contributed by atoms with Crippen LogP contribution in [-0.4, -0.2) is 54.3 Å². The number of halogens is 3. The molecule has 0 bridgehead atoms. The van der Waals surface area contributed by atoms with E-state index in [-0.39, 0.29) is 6.61 Å². The third kappa shape index (κ3) is 6.96. The molecule has 186 valence electrons. The van der Waals surface area contributed by atoms with Crippen molar-refractivity contribution in [2.75, 3.05) is 49.5 Å². The molecule has 0 unspecified atom stereocenters. The van der Waals surface area contributed by atoms with Crippen LogP contribution >= 0.6 is 0 Å². The summed E-state index contributed by atoms with van der Waals surface area (Å²) in [6.07, 6.45) is -0.472. The van der Waals surface area contributed by atoms with Crippen LogP contribution in [0.5, 0.6) is 0 Å². The predicted molar refractivity (Wildman–Crippen MR) is 133 cm³/mol. The zero-order chi connectivity index (χ0) is 24.7. The Hall–Kier alpha value is -3.10. The minimum absolute atomic E-state index is 0.0366. The van der Waals surface area contributed by atoms with Gasteiger partial charge in [-0.05, 0) is 66.4 Å². The fourth-order valence-electron chi connectivity index (χ4n) is 4.29. The summed E-state index contributed by atoms with van der Waals surface area (Å²) in [4.78, 5) is 8.81. The summed E-state index contributed by atoms with van der Waals surface area (Å²) in [6.45, 7) is 5.00. The Bertz CT molecular complexity index is 1080. The molecule has 0 radical (unpaired) electrons. The van der Waals surface area contributed by atoms with Gasteiger partial charge in [-0.2, -0.15) is 13.2 Å². The van der Waals surface area contributed by atoms with E-state index in [9.17, 15) is 18.3 Å². The first kappa shape index (κ1) is 25.0. The lowest BCUT2D eigenvalue weighted by Crippen LogP contribution is -2.46. The van der Waals surface area contributed by atoms with Gasteiger partial charge in [0.2, 0.25) is 0 Å². The minimum atomic E-state index is -4.31. The molecular formula is C27H31F3N4O. The Morgan fingerprint density at radius 3 is 2.37 bits per heavy atom. The fraction of sp³-hybridized carbons (Fsp3) is 0.370. The quantitative estimate of drug-likeness (QED) is 0.405. The van der Waals surface area contributed by atoms with Crippen molar-refractivity contribution in [1.29, 1.82) is 0 Å². The molecule has 0 atom stereocenters. The van der Waals surface area contributed by atoms with Crippen LogP contribution in [0, 0.1) is 0 Å². The molecule has 1 saturated heterocycles. The number of aliphatic hydroxyl groups is 1. The summed E-state index contributed by atoms with van der Waals surface area (Å²) < 4.78 is 39.0. The molecule has 2 N–H and O–H groups in total. The number of aliphatic hydroxyl groups excluding tert-OH is 1. The molecule has 8 heteroatoms. The standard InChI is InChI=1S/C27H31F3N4O/c28-27(29,30)24-4-3-5-25(19-24)34-16-14-33(15-17-34)13-2-1-11-31-26-18-23(10-12-32-26)22-8-6-21(20-35)7-9-22/h3-10,12,18-19,35H,1-2,11,13-17,20H2,(H,31,32). The molecule has 1 aliphatic heterocycles. The van der Waals surface area contributed by atoms with Crippen molar-refractivity contribution < 1.29 is 18.3 Å². The van der Waals surface area contributed by atoms with Crippen molar-refractivity contribution in [3.63, 3.8) is 0 Å². The van der Waals surface area contributed by atoms with Gasteiger partial charge in [0.25, 0.3) is 0 Å². The summed E-state index contributed by atoms with van der Waals surface area (Å²) in [5.41, 5.74) is 3.09. The molecule has 4 rings (SSSR count). The average Bonchev–Trinajstić information content (AvgIpc) is 2.89.